The molecular formula is C17H27NO3. The lowest BCUT2D eigenvalue weighted by Gasteiger charge is -2.36. The Balaban J connectivity index is 1.93. The van der Waals surface area contributed by atoms with Crippen LogP contribution >= 0.6 is 0 Å². The Morgan fingerprint density at radius 2 is 2.05 bits per heavy atom. The predicted molar refractivity (Wildman–Crippen MR) is 83.5 cm³/mol. The van der Waals surface area contributed by atoms with Crippen LogP contribution in [0.2, 0.25) is 0 Å². The van der Waals surface area contributed by atoms with Gasteiger partial charge in [-0.15, -0.1) is 0 Å². The van der Waals surface area contributed by atoms with E-state index < -0.39 is 6.10 Å². The molecule has 0 amide bonds. The summed E-state index contributed by atoms with van der Waals surface area (Å²) in [5.41, 5.74) is 0.923. The van der Waals surface area contributed by atoms with Crippen LogP contribution in [0.3, 0.4) is 0 Å². The van der Waals surface area contributed by atoms with E-state index >= 15 is 0 Å². The highest BCUT2D eigenvalue weighted by molar-refractivity contribution is 5.28. The van der Waals surface area contributed by atoms with Crippen molar-refractivity contribution in [1.29, 1.82) is 0 Å². The molecule has 2 rings (SSSR count). The molecule has 118 valence electrons. The highest BCUT2D eigenvalue weighted by Crippen LogP contribution is 2.24. The summed E-state index contributed by atoms with van der Waals surface area (Å²) in [5, 5.41) is 19.6. The summed E-state index contributed by atoms with van der Waals surface area (Å²) in [5.74, 6) is 0.838. The zero-order chi connectivity index (χ0) is 15.1. The van der Waals surface area contributed by atoms with Crippen LogP contribution < -0.4 is 4.74 Å². The summed E-state index contributed by atoms with van der Waals surface area (Å²) in [6, 6.07) is 8.08. The first-order valence-corrected chi connectivity index (χ1v) is 8.00. The summed E-state index contributed by atoms with van der Waals surface area (Å²) in [7, 11) is 0. The molecule has 2 unspecified atom stereocenters. The fraction of sp³-hybridized carbons (Fsp3) is 0.647. The molecule has 2 N–H and O–H groups in total. The molecule has 1 aliphatic heterocycles. The van der Waals surface area contributed by atoms with Gasteiger partial charge in [-0.2, -0.15) is 0 Å². The van der Waals surface area contributed by atoms with Gasteiger partial charge in [0.15, 0.2) is 0 Å². The highest BCUT2D eigenvalue weighted by Gasteiger charge is 2.24. The van der Waals surface area contributed by atoms with Crippen LogP contribution in [0.5, 0.6) is 5.75 Å². The number of ether oxygens (including phenoxy) is 1. The van der Waals surface area contributed by atoms with Crippen LogP contribution in [-0.4, -0.2) is 47.5 Å². The second-order valence-corrected chi connectivity index (χ2v) is 5.67. The van der Waals surface area contributed by atoms with Gasteiger partial charge in [0.05, 0.1) is 12.7 Å². The van der Waals surface area contributed by atoms with Crippen LogP contribution in [0.4, 0.5) is 0 Å². The molecule has 0 radical (unpaired) electrons. The van der Waals surface area contributed by atoms with Gasteiger partial charge in [0.2, 0.25) is 0 Å². The fourth-order valence-corrected chi connectivity index (χ4v) is 3.06. The number of aliphatic hydroxyl groups is 2. The molecule has 1 saturated heterocycles. The van der Waals surface area contributed by atoms with Gasteiger partial charge >= 0.3 is 0 Å². The van der Waals surface area contributed by atoms with Crippen molar-refractivity contribution in [2.45, 2.75) is 44.8 Å². The molecule has 1 aromatic rings. The zero-order valence-corrected chi connectivity index (χ0v) is 12.9. The van der Waals surface area contributed by atoms with Crippen molar-refractivity contribution in [2.75, 3.05) is 26.3 Å². The molecule has 1 aliphatic rings. The number of hydrogen-bond donors (Lipinski definition) is 2. The molecule has 1 heterocycles. The number of hydrogen-bond acceptors (Lipinski definition) is 4. The molecular weight excluding hydrogens is 266 g/mol. The summed E-state index contributed by atoms with van der Waals surface area (Å²) in [4.78, 5) is 2.32. The number of aliphatic hydroxyl groups excluding tert-OH is 2. The van der Waals surface area contributed by atoms with Crippen molar-refractivity contribution in [3.63, 3.8) is 0 Å². The van der Waals surface area contributed by atoms with Crippen LogP contribution in [0, 0.1) is 0 Å². The Bertz CT molecular complexity index is 405. The van der Waals surface area contributed by atoms with E-state index in [0.717, 1.165) is 30.7 Å². The van der Waals surface area contributed by atoms with Gasteiger partial charge in [-0.1, -0.05) is 18.6 Å². The van der Waals surface area contributed by atoms with E-state index in [4.69, 9.17) is 9.84 Å². The van der Waals surface area contributed by atoms with E-state index in [-0.39, 0.29) is 6.61 Å². The van der Waals surface area contributed by atoms with Crippen LogP contribution in [-0.2, 0) is 0 Å². The molecule has 0 aromatic heterocycles. The van der Waals surface area contributed by atoms with E-state index in [1.807, 2.05) is 31.2 Å². The van der Waals surface area contributed by atoms with Crippen molar-refractivity contribution in [2.24, 2.45) is 0 Å². The summed E-state index contributed by atoms with van der Waals surface area (Å²) in [6.07, 6.45) is 3.84. The highest BCUT2D eigenvalue weighted by atomic mass is 16.5. The smallest absolute Gasteiger partial charge is 0.119 e. The van der Waals surface area contributed by atoms with E-state index in [1.165, 1.54) is 12.8 Å². The van der Waals surface area contributed by atoms with Gasteiger partial charge in [-0.25, -0.2) is 0 Å². The fourth-order valence-electron chi connectivity index (χ4n) is 3.06. The van der Waals surface area contributed by atoms with E-state index in [1.54, 1.807) is 0 Å². The second-order valence-electron chi connectivity index (χ2n) is 5.67. The topological polar surface area (TPSA) is 52.9 Å². The predicted octanol–water partition coefficient (Wildman–Crippen LogP) is 2.36. The van der Waals surface area contributed by atoms with E-state index in [9.17, 15) is 5.11 Å². The third kappa shape index (κ3) is 4.70. The van der Waals surface area contributed by atoms with Crippen molar-refractivity contribution in [3.05, 3.63) is 29.8 Å². The normalized spacial score (nSPS) is 21.2. The third-order valence-corrected chi connectivity index (χ3v) is 4.19. The van der Waals surface area contributed by atoms with Gasteiger partial charge in [0.1, 0.15) is 5.75 Å². The minimum Gasteiger partial charge on any atom is -0.494 e. The van der Waals surface area contributed by atoms with Gasteiger partial charge in [-0.05, 0) is 50.4 Å². The molecule has 21 heavy (non-hydrogen) atoms. The van der Waals surface area contributed by atoms with Gasteiger partial charge in [-0.3, -0.25) is 4.90 Å². The Kier molecular flexibility index (Phi) is 6.49. The monoisotopic (exact) mass is 293 g/mol. The minimum absolute atomic E-state index is 0.223. The third-order valence-electron chi connectivity index (χ3n) is 4.19. The lowest BCUT2D eigenvalue weighted by Crippen LogP contribution is -2.42. The molecule has 1 fully saturated rings. The Hall–Kier alpha value is -1.10. The van der Waals surface area contributed by atoms with Crippen molar-refractivity contribution in [1.82, 2.24) is 4.90 Å². The second kappa shape index (κ2) is 8.37. The molecule has 2 atom stereocenters. The average Bonchev–Trinajstić information content (AvgIpc) is 2.50. The molecule has 0 spiro atoms. The maximum Gasteiger partial charge on any atom is 0.119 e. The largest absolute Gasteiger partial charge is 0.494 e. The Morgan fingerprint density at radius 3 is 2.71 bits per heavy atom. The quantitative estimate of drug-likeness (QED) is 0.810. The molecule has 0 saturated carbocycles. The first kappa shape index (κ1) is 16.3. The lowest BCUT2D eigenvalue weighted by molar-refractivity contribution is 0.0565. The Morgan fingerprint density at radius 1 is 1.29 bits per heavy atom. The number of likely N-dealkylation sites (tertiary alicyclic amines) is 1. The minimum atomic E-state index is -0.486. The first-order valence-electron chi connectivity index (χ1n) is 8.00. The molecule has 0 bridgehead atoms. The van der Waals surface area contributed by atoms with E-state index in [0.29, 0.717) is 19.2 Å². The lowest BCUT2D eigenvalue weighted by atomic mass is 9.98. The van der Waals surface area contributed by atoms with E-state index in [2.05, 4.69) is 4.90 Å². The van der Waals surface area contributed by atoms with Gasteiger partial charge in [0.25, 0.3) is 0 Å². The average molecular weight is 293 g/mol. The summed E-state index contributed by atoms with van der Waals surface area (Å²) in [6.45, 7) is 4.48. The number of piperidine rings is 1. The van der Waals surface area contributed by atoms with Crippen molar-refractivity contribution < 1.29 is 14.9 Å². The van der Waals surface area contributed by atoms with Gasteiger partial charge in [0, 0.05) is 19.2 Å². The SMILES string of the molecule is CCOc1ccc(C(O)CN2CCCCC2CCO)cc1. The number of rotatable bonds is 7. The molecule has 0 aliphatic carbocycles. The van der Waals surface area contributed by atoms with Crippen molar-refractivity contribution >= 4 is 0 Å². The Labute approximate surface area is 127 Å². The summed E-state index contributed by atoms with van der Waals surface area (Å²) >= 11 is 0. The molecule has 4 nitrogen and oxygen atoms in total. The molecule has 4 heteroatoms. The number of benzene rings is 1. The summed E-state index contributed by atoms with van der Waals surface area (Å²) < 4.78 is 5.42. The maximum atomic E-state index is 10.4. The van der Waals surface area contributed by atoms with Crippen LogP contribution in [0.1, 0.15) is 44.3 Å². The molecule has 1 aromatic carbocycles. The van der Waals surface area contributed by atoms with Gasteiger partial charge < -0.3 is 14.9 Å². The van der Waals surface area contributed by atoms with Crippen LogP contribution in [0.15, 0.2) is 24.3 Å². The standard InChI is InChI=1S/C17H27NO3/c1-2-21-16-8-6-14(7-9-16)17(20)13-18-11-4-3-5-15(18)10-12-19/h6-9,15,17,19-20H,2-5,10-13H2,1H3. The zero-order valence-electron chi connectivity index (χ0n) is 12.9. The number of β-amino-alcohol motifs (C(OH)–C–C–N with tert-alkyl or cyclic N) is 1. The number of nitrogens with zero attached hydrogens (tertiary/aromatic N) is 1. The maximum absolute atomic E-state index is 10.4. The van der Waals surface area contributed by atoms with Crippen LogP contribution in [0.25, 0.3) is 0 Å². The first-order chi connectivity index (χ1) is 10.2. The van der Waals surface area contributed by atoms with Crippen molar-refractivity contribution in [3.8, 4) is 5.75 Å².